The highest BCUT2D eigenvalue weighted by molar-refractivity contribution is 4.79. The van der Waals surface area contributed by atoms with Gasteiger partial charge in [0.05, 0.1) is 0 Å². The first-order valence-corrected chi connectivity index (χ1v) is 4.34. The van der Waals surface area contributed by atoms with E-state index in [0.29, 0.717) is 0 Å². The Balaban J connectivity index is 2.05. The Kier molecular flexibility index (Phi) is 1.66. The maximum absolute atomic E-state index is 5.79. The Hall–Kier alpha value is -0.0800. The first-order valence-electron chi connectivity index (χ1n) is 4.34. The minimum absolute atomic E-state index is 0.920. The van der Waals surface area contributed by atoms with E-state index in [1.807, 2.05) is 5.01 Å². The van der Waals surface area contributed by atoms with Crippen molar-refractivity contribution >= 4 is 0 Å². The number of rotatable bonds is 0. The number of hydrogen-bond acceptors (Lipinski definition) is 2. The largest absolute Gasteiger partial charge is 0.269 e. The van der Waals surface area contributed by atoms with Crippen molar-refractivity contribution < 1.29 is 0 Å². The Morgan fingerprint density at radius 3 is 1.70 bits per heavy atom. The fourth-order valence-electron chi connectivity index (χ4n) is 2.33. The summed E-state index contributed by atoms with van der Waals surface area (Å²) >= 11 is 0. The zero-order valence-electron chi connectivity index (χ0n) is 6.42. The second-order valence-corrected chi connectivity index (χ2v) is 3.84. The molecule has 2 bridgehead atoms. The topological polar surface area (TPSA) is 29.3 Å². The number of nitrogens with zero attached hydrogens (tertiary/aromatic N) is 1. The van der Waals surface area contributed by atoms with Crippen LogP contribution in [0, 0.1) is 11.8 Å². The Bertz CT molecular complexity index is 102. The normalized spacial score (nSPS) is 41.7. The maximum atomic E-state index is 5.79. The summed E-state index contributed by atoms with van der Waals surface area (Å²) in [6.07, 6.45) is 5.72. The summed E-state index contributed by atoms with van der Waals surface area (Å²) in [7, 11) is 0. The predicted molar refractivity (Wildman–Crippen MR) is 41.2 cm³/mol. The number of hydrazine groups is 1. The zero-order chi connectivity index (χ0) is 6.97. The van der Waals surface area contributed by atoms with Gasteiger partial charge in [-0.2, -0.15) is 0 Å². The lowest BCUT2D eigenvalue weighted by molar-refractivity contribution is 0.260. The number of fused-ring (bicyclic) bond motifs is 4. The highest BCUT2D eigenvalue weighted by Crippen LogP contribution is 2.32. The Morgan fingerprint density at radius 1 is 0.900 bits per heavy atom. The molecule has 10 heavy (non-hydrogen) atoms. The van der Waals surface area contributed by atoms with Crippen LogP contribution in [0.5, 0.6) is 0 Å². The molecule has 0 radical (unpaired) electrons. The molecule has 1 aliphatic carbocycles. The van der Waals surface area contributed by atoms with E-state index in [2.05, 4.69) is 0 Å². The van der Waals surface area contributed by atoms with Crippen LogP contribution in [-0.2, 0) is 0 Å². The third-order valence-corrected chi connectivity index (χ3v) is 2.95. The molecule has 2 N–H and O–H groups in total. The van der Waals surface area contributed by atoms with Crippen LogP contribution in [-0.4, -0.2) is 18.1 Å². The van der Waals surface area contributed by atoms with Crippen molar-refractivity contribution in [3.63, 3.8) is 0 Å². The first kappa shape index (κ1) is 6.62. The fourth-order valence-corrected chi connectivity index (χ4v) is 2.33. The molecule has 0 aromatic carbocycles. The molecular weight excluding hydrogens is 124 g/mol. The van der Waals surface area contributed by atoms with E-state index in [-0.39, 0.29) is 0 Å². The van der Waals surface area contributed by atoms with Crippen LogP contribution in [0.25, 0.3) is 0 Å². The molecule has 2 heteroatoms. The van der Waals surface area contributed by atoms with Crippen molar-refractivity contribution in [3.8, 4) is 0 Å². The van der Waals surface area contributed by atoms with Crippen molar-refractivity contribution in [1.82, 2.24) is 5.01 Å². The summed E-state index contributed by atoms with van der Waals surface area (Å²) in [5.74, 6) is 7.63. The monoisotopic (exact) mass is 140 g/mol. The van der Waals surface area contributed by atoms with Gasteiger partial charge in [0, 0.05) is 13.1 Å². The molecule has 1 saturated carbocycles. The minimum Gasteiger partial charge on any atom is -0.269 e. The van der Waals surface area contributed by atoms with E-state index in [9.17, 15) is 0 Å². The molecule has 0 amide bonds. The van der Waals surface area contributed by atoms with Gasteiger partial charge in [-0.3, -0.25) is 5.84 Å². The molecule has 2 nitrogen and oxygen atoms in total. The van der Waals surface area contributed by atoms with Crippen molar-refractivity contribution in [2.45, 2.75) is 25.7 Å². The summed E-state index contributed by atoms with van der Waals surface area (Å²) < 4.78 is 0. The smallest absolute Gasteiger partial charge is 0.0157 e. The third kappa shape index (κ3) is 1.18. The molecule has 2 saturated heterocycles. The standard InChI is InChI=1S/C8H16N2/c9-10-5-7-1-2-8(6-10)4-3-7/h7-8H,1-6,9H2. The van der Waals surface area contributed by atoms with Gasteiger partial charge in [0.25, 0.3) is 0 Å². The Labute approximate surface area is 62.4 Å². The van der Waals surface area contributed by atoms with Crippen LogP contribution >= 0.6 is 0 Å². The molecule has 0 unspecified atom stereocenters. The van der Waals surface area contributed by atoms with Gasteiger partial charge in [-0.15, -0.1) is 0 Å². The predicted octanol–water partition coefficient (Wildman–Crippen LogP) is 0.982. The van der Waals surface area contributed by atoms with Gasteiger partial charge in [0.15, 0.2) is 0 Å². The van der Waals surface area contributed by atoms with Gasteiger partial charge in [-0.1, -0.05) is 0 Å². The lowest BCUT2D eigenvalue weighted by Gasteiger charge is -2.20. The van der Waals surface area contributed by atoms with Crippen LogP contribution in [0.4, 0.5) is 0 Å². The zero-order valence-corrected chi connectivity index (χ0v) is 6.42. The number of nitrogens with two attached hydrogens (primary N) is 1. The molecule has 3 aliphatic rings. The van der Waals surface area contributed by atoms with Crippen LogP contribution in [0.3, 0.4) is 0 Å². The summed E-state index contributed by atoms with van der Waals surface area (Å²) in [6, 6.07) is 0. The maximum Gasteiger partial charge on any atom is 0.0157 e. The molecule has 0 aromatic heterocycles. The molecule has 3 fully saturated rings. The molecule has 2 heterocycles. The minimum atomic E-state index is 0.920. The highest BCUT2D eigenvalue weighted by Gasteiger charge is 2.27. The van der Waals surface area contributed by atoms with E-state index in [1.165, 1.54) is 25.7 Å². The van der Waals surface area contributed by atoms with Crippen molar-refractivity contribution in [2.24, 2.45) is 17.7 Å². The molecule has 2 aliphatic heterocycles. The average Bonchev–Trinajstić information content (AvgIpc) is 2.17. The molecule has 0 aromatic rings. The van der Waals surface area contributed by atoms with Crippen LogP contribution in [0.2, 0.25) is 0 Å². The summed E-state index contributed by atoms with van der Waals surface area (Å²) in [5.41, 5.74) is 0. The molecular formula is C8H16N2. The SMILES string of the molecule is NN1CC2CCC(CC2)C1. The molecule has 0 atom stereocenters. The lowest BCUT2D eigenvalue weighted by atomic mass is 9.84. The van der Waals surface area contributed by atoms with Crippen molar-refractivity contribution in [3.05, 3.63) is 0 Å². The summed E-state index contributed by atoms with van der Waals surface area (Å²) in [5, 5.41) is 2.02. The first-order chi connectivity index (χ1) is 4.84. The highest BCUT2D eigenvalue weighted by atomic mass is 15.4. The Morgan fingerprint density at radius 2 is 1.30 bits per heavy atom. The average molecular weight is 140 g/mol. The molecule has 3 rings (SSSR count). The summed E-state index contributed by atoms with van der Waals surface area (Å²) in [6.45, 7) is 2.30. The van der Waals surface area contributed by atoms with Gasteiger partial charge < -0.3 is 0 Å². The molecule has 0 spiro atoms. The quantitative estimate of drug-likeness (QED) is 0.508. The van der Waals surface area contributed by atoms with Gasteiger partial charge in [0.1, 0.15) is 0 Å². The second-order valence-electron chi connectivity index (χ2n) is 3.84. The van der Waals surface area contributed by atoms with Gasteiger partial charge >= 0.3 is 0 Å². The van der Waals surface area contributed by atoms with Gasteiger partial charge in [-0.25, -0.2) is 5.01 Å². The van der Waals surface area contributed by atoms with Crippen LogP contribution in [0.15, 0.2) is 0 Å². The third-order valence-electron chi connectivity index (χ3n) is 2.95. The molecule has 58 valence electrons. The van der Waals surface area contributed by atoms with Crippen molar-refractivity contribution in [2.75, 3.05) is 13.1 Å². The van der Waals surface area contributed by atoms with Gasteiger partial charge in [-0.05, 0) is 37.5 Å². The lowest BCUT2D eigenvalue weighted by Crippen LogP contribution is -2.34. The second kappa shape index (κ2) is 2.51. The number of hydrogen-bond donors (Lipinski definition) is 1. The van der Waals surface area contributed by atoms with E-state index in [1.54, 1.807) is 0 Å². The summed E-state index contributed by atoms with van der Waals surface area (Å²) in [4.78, 5) is 0. The van der Waals surface area contributed by atoms with Crippen LogP contribution in [0.1, 0.15) is 25.7 Å². The van der Waals surface area contributed by atoms with E-state index < -0.39 is 0 Å². The van der Waals surface area contributed by atoms with Crippen molar-refractivity contribution in [1.29, 1.82) is 0 Å². The van der Waals surface area contributed by atoms with Gasteiger partial charge in [0.2, 0.25) is 0 Å². The van der Waals surface area contributed by atoms with Crippen LogP contribution < -0.4 is 5.84 Å². The van der Waals surface area contributed by atoms with E-state index >= 15 is 0 Å². The fraction of sp³-hybridized carbons (Fsp3) is 1.00. The van der Waals surface area contributed by atoms with E-state index in [0.717, 1.165) is 24.9 Å². The van der Waals surface area contributed by atoms with E-state index in [4.69, 9.17) is 5.84 Å².